The van der Waals surface area contributed by atoms with Crippen molar-refractivity contribution in [2.45, 2.75) is 11.6 Å². The van der Waals surface area contributed by atoms with Gasteiger partial charge in [0.05, 0.1) is 25.3 Å². The van der Waals surface area contributed by atoms with E-state index in [-0.39, 0.29) is 36.2 Å². The number of aromatic nitrogens is 1. The number of carbonyl (C=O) groups is 1. The molecule has 3 heterocycles. The zero-order valence-corrected chi connectivity index (χ0v) is 15.1. The number of fused-ring (bicyclic) bond motifs is 1. The number of terminal acetylenes is 1. The maximum absolute atomic E-state index is 14.8. The Labute approximate surface area is 164 Å². The van der Waals surface area contributed by atoms with Crippen LogP contribution < -0.4 is 11.1 Å². The number of ether oxygens (including phenoxy) is 2. The lowest BCUT2D eigenvalue weighted by Crippen LogP contribution is -2.48. The topological polar surface area (TPSA) is 98.8 Å². The Morgan fingerprint density at radius 3 is 2.86 bits per heavy atom. The van der Waals surface area contributed by atoms with Gasteiger partial charge in [0.15, 0.2) is 5.54 Å². The molecular weight excluding hydrogens is 382 g/mol. The number of nitrogens with one attached hydrogen (secondary N) is 1. The quantitative estimate of drug-likeness (QED) is 0.769. The largest absolute Gasteiger partial charge is 0.459 e. The van der Waals surface area contributed by atoms with Gasteiger partial charge in [0, 0.05) is 11.3 Å². The lowest BCUT2D eigenvalue weighted by atomic mass is 9.76. The number of nitrogens with zero attached hydrogens (tertiary/aromatic N) is 2. The lowest BCUT2D eigenvalue weighted by Gasteiger charge is -2.37. The average molecular weight is 398 g/mol. The molecule has 1 saturated heterocycles. The number of benzene rings is 1. The van der Waals surface area contributed by atoms with Crippen molar-refractivity contribution in [3.63, 3.8) is 0 Å². The van der Waals surface area contributed by atoms with Crippen molar-refractivity contribution in [2.75, 3.05) is 18.5 Å². The van der Waals surface area contributed by atoms with E-state index in [1.807, 2.05) is 0 Å². The third-order valence-electron chi connectivity index (χ3n) is 4.94. The van der Waals surface area contributed by atoms with Crippen LogP contribution in [0.1, 0.15) is 16.1 Å². The van der Waals surface area contributed by atoms with E-state index in [1.165, 1.54) is 24.3 Å². The molecule has 1 fully saturated rings. The molecule has 2 aromatic rings. The van der Waals surface area contributed by atoms with Crippen molar-refractivity contribution in [1.82, 2.24) is 4.98 Å². The Morgan fingerprint density at radius 1 is 1.31 bits per heavy atom. The van der Waals surface area contributed by atoms with Crippen molar-refractivity contribution in [3.8, 4) is 12.3 Å². The Bertz CT molecular complexity index is 1040. The fourth-order valence-electron chi connectivity index (χ4n) is 3.56. The molecule has 0 spiro atoms. The highest BCUT2D eigenvalue weighted by Gasteiger charge is 2.52. The van der Waals surface area contributed by atoms with Gasteiger partial charge in [0.25, 0.3) is 11.9 Å². The molecule has 7 nitrogen and oxygen atoms in total. The number of nitrogens with two attached hydrogens (primary N) is 1. The van der Waals surface area contributed by atoms with Gasteiger partial charge < -0.3 is 20.5 Å². The number of halogens is 2. The highest BCUT2D eigenvalue weighted by molar-refractivity contribution is 6.02. The van der Waals surface area contributed by atoms with Crippen LogP contribution in [0.3, 0.4) is 0 Å². The van der Waals surface area contributed by atoms with Crippen LogP contribution in [0.4, 0.5) is 14.5 Å². The summed E-state index contributed by atoms with van der Waals surface area (Å²) in [6, 6.07) is 6.15. The van der Waals surface area contributed by atoms with Crippen molar-refractivity contribution >= 4 is 17.6 Å². The fourth-order valence-corrected chi connectivity index (χ4v) is 3.56. The van der Waals surface area contributed by atoms with Gasteiger partial charge in [0.1, 0.15) is 23.4 Å². The minimum absolute atomic E-state index is 0.00141. The molecule has 2 aliphatic rings. The van der Waals surface area contributed by atoms with Crippen molar-refractivity contribution < 1.29 is 23.0 Å². The fraction of sp³-hybridized carbons (Fsp3) is 0.250. The molecule has 3 N–H and O–H groups in total. The molecule has 4 rings (SSSR count). The number of anilines is 1. The summed E-state index contributed by atoms with van der Waals surface area (Å²) in [5.74, 6) is 0.355. The Hall–Kier alpha value is -3.51. The predicted octanol–water partition coefficient (Wildman–Crippen LogP) is 1.80. The Balaban J connectivity index is 1.71. The van der Waals surface area contributed by atoms with Gasteiger partial charge in [0.2, 0.25) is 0 Å². The highest BCUT2D eigenvalue weighted by atomic mass is 19.1. The molecule has 2 aliphatic heterocycles. The van der Waals surface area contributed by atoms with E-state index >= 15 is 0 Å². The number of amidine groups is 1. The van der Waals surface area contributed by atoms with E-state index in [2.05, 4.69) is 21.2 Å². The summed E-state index contributed by atoms with van der Waals surface area (Å²) in [6.07, 6.45) is 6.27. The van der Waals surface area contributed by atoms with Gasteiger partial charge in [-0.25, -0.2) is 18.8 Å². The first-order chi connectivity index (χ1) is 13.9. The number of rotatable bonds is 3. The van der Waals surface area contributed by atoms with Crippen LogP contribution in [0, 0.1) is 29.9 Å². The molecule has 3 atom stereocenters. The highest BCUT2D eigenvalue weighted by Crippen LogP contribution is 2.43. The minimum atomic E-state index is -1.44. The van der Waals surface area contributed by atoms with E-state index < -0.39 is 35.1 Å². The molecule has 1 aromatic carbocycles. The van der Waals surface area contributed by atoms with E-state index in [4.69, 9.17) is 21.6 Å². The third-order valence-corrected chi connectivity index (χ3v) is 4.94. The first-order valence-electron chi connectivity index (χ1n) is 8.73. The van der Waals surface area contributed by atoms with Crippen LogP contribution in [-0.4, -0.2) is 36.2 Å². The maximum atomic E-state index is 14.8. The second-order valence-electron chi connectivity index (χ2n) is 6.67. The minimum Gasteiger partial charge on any atom is -0.459 e. The Morgan fingerprint density at radius 2 is 2.14 bits per heavy atom. The summed E-state index contributed by atoms with van der Waals surface area (Å²) >= 11 is 0. The molecule has 0 bridgehead atoms. The van der Waals surface area contributed by atoms with Crippen LogP contribution in [-0.2, 0) is 15.0 Å². The molecule has 1 unspecified atom stereocenters. The van der Waals surface area contributed by atoms with E-state index in [1.54, 1.807) is 0 Å². The standard InChI is InChI=1S/C20H16F2N4O3/c1-2-20(14-9-28-10-17(14)29-19(23)26-20)13-7-12(4-5-15(13)22)25-18(27)16-6-3-11(21)8-24-16/h1,3-8,14,17H,9-10H2,(H2,23,26)(H,25,27)/t14-,17+,20?/m0/s1. The first kappa shape index (κ1) is 18.8. The van der Waals surface area contributed by atoms with Crippen molar-refractivity contribution in [1.29, 1.82) is 0 Å². The number of carbonyl (C=O) groups excluding carboxylic acids is 1. The molecule has 0 saturated carbocycles. The maximum Gasteiger partial charge on any atom is 0.284 e. The van der Waals surface area contributed by atoms with Gasteiger partial charge in [-0.05, 0) is 30.3 Å². The average Bonchev–Trinajstić information content (AvgIpc) is 3.18. The lowest BCUT2D eigenvalue weighted by molar-refractivity contribution is 0.0940. The molecule has 0 aliphatic carbocycles. The molecule has 148 valence electrons. The van der Waals surface area contributed by atoms with E-state index in [0.29, 0.717) is 0 Å². The van der Waals surface area contributed by atoms with Crippen molar-refractivity contribution in [2.24, 2.45) is 16.6 Å². The number of hydrogen-bond acceptors (Lipinski definition) is 6. The van der Waals surface area contributed by atoms with Gasteiger partial charge in [-0.3, -0.25) is 4.79 Å². The molecule has 29 heavy (non-hydrogen) atoms. The number of aliphatic imine (C=N–C) groups is 1. The van der Waals surface area contributed by atoms with Crippen LogP contribution >= 0.6 is 0 Å². The van der Waals surface area contributed by atoms with Crippen LogP contribution in [0.15, 0.2) is 41.5 Å². The van der Waals surface area contributed by atoms with E-state index in [0.717, 1.165) is 12.3 Å². The van der Waals surface area contributed by atoms with Crippen LogP contribution in [0.25, 0.3) is 0 Å². The SMILES string of the molecule is C#CC1(c2cc(NC(=O)c3ccc(F)cn3)ccc2F)N=C(N)O[C@@H]2COC[C@@H]21. The van der Waals surface area contributed by atoms with Gasteiger partial charge in [-0.2, -0.15) is 0 Å². The number of hydrogen-bond donors (Lipinski definition) is 2. The summed E-state index contributed by atoms with van der Waals surface area (Å²) in [6.45, 7) is 0.486. The smallest absolute Gasteiger partial charge is 0.284 e. The summed E-state index contributed by atoms with van der Waals surface area (Å²) < 4.78 is 38.7. The van der Waals surface area contributed by atoms with Crippen LogP contribution in [0.2, 0.25) is 0 Å². The van der Waals surface area contributed by atoms with Crippen LogP contribution in [0.5, 0.6) is 0 Å². The second-order valence-corrected chi connectivity index (χ2v) is 6.67. The molecular formula is C20H16F2N4O3. The normalized spacial score (nSPS) is 25.3. The molecule has 0 radical (unpaired) electrons. The van der Waals surface area contributed by atoms with Gasteiger partial charge in [-0.15, -0.1) is 6.42 Å². The summed E-state index contributed by atoms with van der Waals surface area (Å²) in [5.41, 5.74) is 4.67. The monoisotopic (exact) mass is 398 g/mol. The molecule has 1 amide bonds. The van der Waals surface area contributed by atoms with Gasteiger partial charge >= 0.3 is 0 Å². The zero-order chi connectivity index (χ0) is 20.6. The number of pyridine rings is 1. The Kier molecular flexibility index (Phi) is 4.64. The van der Waals surface area contributed by atoms with Crippen molar-refractivity contribution in [3.05, 3.63) is 59.4 Å². The summed E-state index contributed by atoms with van der Waals surface area (Å²) in [5, 5.41) is 2.60. The molecule has 1 aromatic heterocycles. The summed E-state index contributed by atoms with van der Waals surface area (Å²) in [4.78, 5) is 20.3. The second kappa shape index (κ2) is 7.14. The molecule has 9 heteroatoms. The van der Waals surface area contributed by atoms with Gasteiger partial charge in [-0.1, -0.05) is 5.92 Å². The predicted molar refractivity (Wildman–Crippen MR) is 99.9 cm³/mol. The zero-order valence-electron chi connectivity index (χ0n) is 15.1. The summed E-state index contributed by atoms with van der Waals surface area (Å²) in [7, 11) is 0. The van der Waals surface area contributed by atoms with E-state index in [9.17, 15) is 13.6 Å². The first-order valence-corrected chi connectivity index (χ1v) is 8.73. The third kappa shape index (κ3) is 3.28. The number of amides is 1.